The zero-order valence-corrected chi connectivity index (χ0v) is 17.6. The Morgan fingerprint density at radius 1 is 1.10 bits per heavy atom. The average molecular weight is 425 g/mol. The van der Waals surface area contributed by atoms with E-state index >= 15 is 0 Å². The van der Waals surface area contributed by atoms with Crippen LogP contribution in [0.15, 0.2) is 29.2 Å². The first kappa shape index (κ1) is 23.0. The number of sulfonamides is 1. The summed E-state index contributed by atoms with van der Waals surface area (Å²) in [7, 11) is -3.67. The first-order valence-corrected chi connectivity index (χ1v) is 11.3. The van der Waals surface area contributed by atoms with E-state index in [1.807, 2.05) is 6.92 Å². The molecule has 160 valence electrons. The van der Waals surface area contributed by atoms with Crippen LogP contribution >= 0.6 is 0 Å². The van der Waals surface area contributed by atoms with Crippen LogP contribution in [-0.2, 0) is 24.3 Å². The summed E-state index contributed by atoms with van der Waals surface area (Å²) in [5, 5.41) is 2.27. The van der Waals surface area contributed by atoms with Crippen LogP contribution in [0.5, 0.6) is 0 Å². The number of amides is 2. The van der Waals surface area contributed by atoms with Gasteiger partial charge in [-0.05, 0) is 50.5 Å². The van der Waals surface area contributed by atoms with Crippen LogP contribution in [0, 0.1) is 5.92 Å². The molecule has 0 radical (unpaired) electrons. The molecule has 0 heterocycles. The van der Waals surface area contributed by atoms with Gasteiger partial charge in [0.25, 0.3) is 5.91 Å². The minimum Gasteiger partial charge on any atom is -0.452 e. The molecule has 9 heteroatoms. The Labute approximate surface area is 171 Å². The van der Waals surface area contributed by atoms with Crippen LogP contribution in [-0.4, -0.2) is 38.9 Å². The third-order valence-corrected chi connectivity index (χ3v) is 6.55. The molecule has 0 aromatic heterocycles. The van der Waals surface area contributed by atoms with Crippen molar-refractivity contribution in [3.05, 3.63) is 29.8 Å². The number of hydrogen-bond donors (Lipinski definition) is 2. The second-order valence-corrected chi connectivity index (χ2v) is 8.99. The van der Waals surface area contributed by atoms with Crippen LogP contribution in [0.25, 0.3) is 0 Å². The number of carbonyl (C=O) groups excluding carboxylic acids is 3. The van der Waals surface area contributed by atoms with Gasteiger partial charge in [0.05, 0.1) is 10.5 Å². The van der Waals surface area contributed by atoms with Crippen molar-refractivity contribution in [3.63, 3.8) is 0 Å². The summed E-state index contributed by atoms with van der Waals surface area (Å²) in [6.07, 6.45) is 5.22. The van der Waals surface area contributed by atoms with Gasteiger partial charge in [-0.25, -0.2) is 17.9 Å². The maximum atomic E-state index is 12.2. The summed E-state index contributed by atoms with van der Waals surface area (Å²) in [6, 6.07) is 5.03. The zero-order valence-electron chi connectivity index (χ0n) is 16.8. The van der Waals surface area contributed by atoms with Gasteiger partial charge < -0.3 is 4.74 Å². The minimum atomic E-state index is -3.67. The molecule has 0 spiro atoms. The summed E-state index contributed by atoms with van der Waals surface area (Å²) in [5.74, 6) is -1.94. The van der Waals surface area contributed by atoms with Gasteiger partial charge in [-0.1, -0.05) is 26.2 Å². The van der Waals surface area contributed by atoms with E-state index in [0.717, 1.165) is 32.1 Å². The van der Waals surface area contributed by atoms with E-state index in [9.17, 15) is 22.8 Å². The van der Waals surface area contributed by atoms with Crippen LogP contribution in [0.3, 0.4) is 0 Å². The van der Waals surface area contributed by atoms with Gasteiger partial charge in [0.15, 0.2) is 6.61 Å². The van der Waals surface area contributed by atoms with Gasteiger partial charge in [-0.3, -0.25) is 14.9 Å². The summed E-state index contributed by atoms with van der Waals surface area (Å²) < 4.78 is 31.9. The second kappa shape index (κ2) is 10.5. The molecule has 2 amide bonds. The van der Waals surface area contributed by atoms with E-state index in [0.29, 0.717) is 6.42 Å². The van der Waals surface area contributed by atoms with E-state index in [4.69, 9.17) is 4.74 Å². The molecule has 1 saturated carbocycles. The molecule has 2 N–H and O–H groups in total. The Balaban J connectivity index is 1.85. The van der Waals surface area contributed by atoms with Crippen molar-refractivity contribution in [2.45, 2.75) is 63.3 Å². The van der Waals surface area contributed by atoms with Gasteiger partial charge in [0.1, 0.15) is 0 Å². The smallest absolute Gasteiger partial charge is 0.338 e. The van der Waals surface area contributed by atoms with E-state index < -0.39 is 28.5 Å². The quantitative estimate of drug-likeness (QED) is 0.617. The highest BCUT2D eigenvalue weighted by molar-refractivity contribution is 7.89. The van der Waals surface area contributed by atoms with Crippen molar-refractivity contribution < 1.29 is 27.5 Å². The number of rotatable bonds is 8. The maximum absolute atomic E-state index is 12.2. The normalized spacial score (nSPS) is 16.1. The lowest BCUT2D eigenvalue weighted by Crippen LogP contribution is -2.38. The number of ether oxygens (including phenoxy) is 1. The fourth-order valence-electron chi connectivity index (χ4n) is 3.04. The molecule has 8 nitrogen and oxygen atoms in total. The first-order chi connectivity index (χ1) is 13.7. The maximum Gasteiger partial charge on any atom is 0.338 e. The third-order valence-electron chi connectivity index (χ3n) is 4.94. The Hall–Kier alpha value is -2.26. The highest BCUT2D eigenvalue weighted by Crippen LogP contribution is 2.23. The number of imide groups is 1. The topological polar surface area (TPSA) is 119 Å². The van der Waals surface area contributed by atoms with Gasteiger partial charge in [0.2, 0.25) is 15.9 Å². The molecule has 1 aliphatic rings. The minimum absolute atomic E-state index is 0.0326. The van der Waals surface area contributed by atoms with Crippen molar-refractivity contribution in [3.8, 4) is 0 Å². The van der Waals surface area contributed by atoms with Crippen molar-refractivity contribution >= 4 is 27.8 Å². The van der Waals surface area contributed by atoms with E-state index in [2.05, 4.69) is 10.0 Å². The van der Waals surface area contributed by atoms with Crippen molar-refractivity contribution in [1.29, 1.82) is 0 Å². The van der Waals surface area contributed by atoms with E-state index in [1.165, 1.54) is 24.3 Å². The van der Waals surface area contributed by atoms with Gasteiger partial charge >= 0.3 is 5.97 Å². The third kappa shape index (κ3) is 6.93. The predicted molar refractivity (Wildman–Crippen MR) is 107 cm³/mol. The van der Waals surface area contributed by atoms with Crippen LogP contribution in [0.2, 0.25) is 0 Å². The largest absolute Gasteiger partial charge is 0.452 e. The molecule has 2 rings (SSSR count). The monoisotopic (exact) mass is 424 g/mol. The molecular weight excluding hydrogens is 396 g/mol. The van der Waals surface area contributed by atoms with Crippen LogP contribution < -0.4 is 10.0 Å². The molecule has 0 bridgehead atoms. The lowest BCUT2D eigenvalue weighted by molar-refractivity contribution is -0.135. The Morgan fingerprint density at radius 2 is 1.72 bits per heavy atom. The van der Waals surface area contributed by atoms with Gasteiger partial charge in [0, 0.05) is 12.0 Å². The van der Waals surface area contributed by atoms with Crippen LogP contribution in [0.1, 0.15) is 62.7 Å². The number of esters is 1. The molecule has 0 aliphatic heterocycles. The molecular formula is C20H28N2O6S. The van der Waals surface area contributed by atoms with Gasteiger partial charge in [-0.15, -0.1) is 0 Å². The molecule has 1 aromatic carbocycles. The number of benzene rings is 1. The fraction of sp³-hybridized carbons (Fsp3) is 0.550. The molecule has 1 aliphatic carbocycles. The van der Waals surface area contributed by atoms with Crippen molar-refractivity contribution in [1.82, 2.24) is 10.0 Å². The number of carbonyl (C=O) groups is 3. The summed E-state index contributed by atoms with van der Waals surface area (Å²) in [4.78, 5) is 36.0. The lowest BCUT2D eigenvalue weighted by atomic mass is 9.89. The predicted octanol–water partition coefficient (Wildman–Crippen LogP) is 2.14. The Kier molecular flexibility index (Phi) is 8.33. The van der Waals surface area contributed by atoms with Crippen molar-refractivity contribution in [2.24, 2.45) is 5.92 Å². The SMILES string of the molecule is CCC(C)NS(=O)(=O)c1ccc(C(=O)OCC(=O)NC(=O)C2CCCCC2)cc1. The molecule has 1 fully saturated rings. The number of nitrogens with one attached hydrogen (secondary N) is 2. The van der Waals surface area contributed by atoms with E-state index in [1.54, 1.807) is 6.92 Å². The lowest BCUT2D eigenvalue weighted by Gasteiger charge is -2.20. The fourth-order valence-corrected chi connectivity index (χ4v) is 4.37. The summed E-state index contributed by atoms with van der Waals surface area (Å²) >= 11 is 0. The first-order valence-electron chi connectivity index (χ1n) is 9.86. The molecule has 1 atom stereocenters. The van der Waals surface area contributed by atoms with E-state index in [-0.39, 0.29) is 28.3 Å². The average Bonchev–Trinajstić information content (AvgIpc) is 2.72. The Morgan fingerprint density at radius 3 is 2.31 bits per heavy atom. The number of hydrogen-bond acceptors (Lipinski definition) is 6. The molecule has 1 unspecified atom stereocenters. The standard InChI is InChI=1S/C20H28N2O6S/c1-3-14(2)22-29(26,27)17-11-9-16(10-12-17)20(25)28-13-18(23)21-19(24)15-7-5-4-6-8-15/h9-12,14-15,22H,3-8,13H2,1-2H3,(H,21,23,24). The second-order valence-electron chi connectivity index (χ2n) is 7.28. The highest BCUT2D eigenvalue weighted by atomic mass is 32.2. The summed E-state index contributed by atoms with van der Waals surface area (Å²) in [5.41, 5.74) is 0.110. The summed E-state index contributed by atoms with van der Waals surface area (Å²) in [6.45, 7) is 3.05. The molecule has 1 aromatic rings. The molecule has 29 heavy (non-hydrogen) atoms. The van der Waals surface area contributed by atoms with Crippen LogP contribution in [0.4, 0.5) is 0 Å². The zero-order chi connectivity index (χ0) is 21.4. The molecule has 0 saturated heterocycles. The van der Waals surface area contributed by atoms with Crippen molar-refractivity contribution in [2.75, 3.05) is 6.61 Å². The van der Waals surface area contributed by atoms with Gasteiger partial charge in [-0.2, -0.15) is 0 Å². The Bertz CT molecular complexity index is 829. The highest BCUT2D eigenvalue weighted by Gasteiger charge is 2.23.